The van der Waals surface area contributed by atoms with Gasteiger partial charge in [-0.3, -0.25) is 4.79 Å². The first-order chi connectivity index (χ1) is 8.07. The van der Waals surface area contributed by atoms with Crippen molar-refractivity contribution in [2.24, 2.45) is 0 Å². The molecule has 1 unspecified atom stereocenters. The molecule has 0 bridgehead atoms. The lowest BCUT2D eigenvalue weighted by Crippen LogP contribution is -2.45. The Balaban J connectivity index is 2.34. The summed E-state index contributed by atoms with van der Waals surface area (Å²) in [4.78, 5) is 12.0. The van der Waals surface area contributed by atoms with Gasteiger partial charge in [-0.25, -0.2) is 4.31 Å². The zero-order chi connectivity index (χ0) is 12.5. The SMILES string of the molecule is CC(C)N1SC(c2ccccc2)=CC1(O)C=O. The molecule has 1 atom stereocenters. The summed E-state index contributed by atoms with van der Waals surface area (Å²) in [5.74, 6) is 0. The molecule has 3 nitrogen and oxygen atoms in total. The number of hydrogen-bond acceptors (Lipinski definition) is 4. The molecule has 1 aliphatic rings. The minimum Gasteiger partial charge on any atom is -0.365 e. The predicted octanol–water partition coefficient (Wildman–Crippen LogP) is 2.29. The summed E-state index contributed by atoms with van der Waals surface area (Å²) in [7, 11) is 0. The van der Waals surface area contributed by atoms with Crippen LogP contribution >= 0.6 is 11.9 Å². The van der Waals surface area contributed by atoms with E-state index in [1.165, 1.54) is 11.9 Å². The van der Waals surface area contributed by atoms with Gasteiger partial charge >= 0.3 is 0 Å². The average Bonchev–Trinajstić information content (AvgIpc) is 2.69. The highest BCUT2D eigenvalue weighted by Crippen LogP contribution is 2.43. The first kappa shape index (κ1) is 12.4. The highest BCUT2D eigenvalue weighted by atomic mass is 32.2. The lowest BCUT2D eigenvalue weighted by Gasteiger charge is -2.29. The number of carbonyl (C=O) groups excluding carboxylic acids is 1. The lowest BCUT2D eigenvalue weighted by atomic mass is 10.1. The van der Waals surface area contributed by atoms with Gasteiger partial charge in [-0.05, 0) is 37.4 Å². The van der Waals surface area contributed by atoms with Gasteiger partial charge in [-0.15, -0.1) is 0 Å². The Kier molecular flexibility index (Phi) is 3.38. The molecule has 0 radical (unpaired) electrons. The lowest BCUT2D eigenvalue weighted by molar-refractivity contribution is -0.129. The number of hydrogen-bond donors (Lipinski definition) is 1. The first-order valence-corrected chi connectivity index (χ1v) is 6.28. The van der Waals surface area contributed by atoms with E-state index in [4.69, 9.17) is 0 Å². The van der Waals surface area contributed by atoms with Gasteiger partial charge in [-0.1, -0.05) is 30.3 Å². The van der Waals surface area contributed by atoms with Crippen LogP contribution in [0.3, 0.4) is 0 Å². The number of nitrogens with zero attached hydrogens (tertiary/aromatic N) is 1. The van der Waals surface area contributed by atoms with Crippen molar-refractivity contribution < 1.29 is 9.90 Å². The molecule has 2 rings (SSSR count). The molecule has 0 amide bonds. The Morgan fingerprint density at radius 1 is 1.35 bits per heavy atom. The van der Waals surface area contributed by atoms with Crippen LogP contribution in [0.2, 0.25) is 0 Å². The third kappa shape index (κ3) is 2.29. The Morgan fingerprint density at radius 2 is 2.00 bits per heavy atom. The van der Waals surface area contributed by atoms with Crippen LogP contribution in [-0.4, -0.2) is 27.5 Å². The second-order valence-electron chi connectivity index (χ2n) is 4.29. The average molecular weight is 249 g/mol. The first-order valence-electron chi connectivity index (χ1n) is 5.51. The van der Waals surface area contributed by atoms with E-state index in [2.05, 4.69) is 0 Å². The fraction of sp³-hybridized carbons (Fsp3) is 0.308. The monoisotopic (exact) mass is 249 g/mol. The van der Waals surface area contributed by atoms with E-state index in [9.17, 15) is 9.90 Å². The molecule has 0 aromatic heterocycles. The molecule has 1 N–H and O–H groups in total. The third-order valence-corrected chi connectivity index (χ3v) is 4.06. The summed E-state index contributed by atoms with van der Waals surface area (Å²) < 4.78 is 1.70. The summed E-state index contributed by atoms with van der Waals surface area (Å²) in [5, 5.41) is 10.2. The van der Waals surface area contributed by atoms with Crippen LogP contribution in [0.15, 0.2) is 36.4 Å². The van der Waals surface area contributed by atoms with Gasteiger partial charge < -0.3 is 5.11 Å². The number of benzene rings is 1. The number of aliphatic hydroxyl groups is 1. The summed E-state index contributed by atoms with van der Waals surface area (Å²) >= 11 is 1.42. The number of carbonyl (C=O) groups is 1. The van der Waals surface area contributed by atoms with Crippen LogP contribution in [0, 0.1) is 0 Å². The van der Waals surface area contributed by atoms with Gasteiger partial charge in [0.2, 0.25) is 5.72 Å². The van der Waals surface area contributed by atoms with Crippen LogP contribution in [-0.2, 0) is 4.79 Å². The molecule has 4 heteroatoms. The van der Waals surface area contributed by atoms with Crippen molar-refractivity contribution >= 4 is 23.1 Å². The molecule has 17 heavy (non-hydrogen) atoms. The van der Waals surface area contributed by atoms with Gasteiger partial charge in [0, 0.05) is 10.9 Å². The molecule has 90 valence electrons. The van der Waals surface area contributed by atoms with E-state index in [1.807, 2.05) is 44.2 Å². The van der Waals surface area contributed by atoms with Crippen molar-refractivity contribution in [2.45, 2.75) is 25.6 Å². The second-order valence-corrected chi connectivity index (χ2v) is 5.30. The van der Waals surface area contributed by atoms with Gasteiger partial charge in [0.25, 0.3) is 0 Å². The fourth-order valence-corrected chi connectivity index (χ4v) is 2.94. The largest absolute Gasteiger partial charge is 0.365 e. The van der Waals surface area contributed by atoms with E-state index in [0.29, 0.717) is 6.29 Å². The summed E-state index contributed by atoms with van der Waals surface area (Å²) in [6.45, 7) is 3.90. The molecule has 0 saturated heterocycles. The minimum absolute atomic E-state index is 0.0765. The van der Waals surface area contributed by atoms with Crippen LogP contribution in [0.5, 0.6) is 0 Å². The highest BCUT2D eigenvalue weighted by Gasteiger charge is 2.41. The summed E-state index contributed by atoms with van der Waals surface area (Å²) in [6, 6.07) is 9.83. The minimum atomic E-state index is -1.50. The highest BCUT2D eigenvalue weighted by molar-refractivity contribution is 8.06. The van der Waals surface area contributed by atoms with Crippen molar-refractivity contribution in [3.8, 4) is 0 Å². The number of aldehydes is 1. The molecule has 0 saturated carbocycles. The van der Waals surface area contributed by atoms with Crippen molar-refractivity contribution in [3.63, 3.8) is 0 Å². The molecule has 0 aliphatic carbocycles. The van der Waals surface area contributed by atoms with E-state index in [-0.39, 0.29) is 6.04 Å². The fourth-order valence-electron chi connectivity index (χ4n) is 1.81. The van der Waals surface area contributed by atoms with Gasteiger partial charge in [0.1, 0.15) is 0 Å². The van der Waals surface area contributed by atoms with Crippen LogP contribution in [0.4, 0.5) is 0 Å². The van der Waals surface area contributed by atoms with Crippen LogP contribution < -0.4 is 0 Å². The van der Waals surface area contributed by atoms with Crippen molar-refractivity contribution in [3.05, 3.63) is 42.0 Å². The predicted molar refractivity (Wildman–Crippen MR) is 70.0 cm³/mol. The molecule has 0 spiro atoms. The smallest absolute Gasteiger partial charge is 0.205 e. The molecular formula is C13H15NO2S. The standard InChI is InChI=1S/C13H15NO2S/c1-10(2)14-13(16,9-15)8-12(17-14)11-6-4-3-5-7-11/h3-10,16H,1-2H3. The van der Waals surface area contributed by atoms with Crippen molar-refractivity contribution in [2.75, 3.05) is 0 Å². The normalized spacial score (nSPS) is 25.1. The van der Waals surface area contributed by atoms with Crippen molar-refractivity contribution in [1.82, 2.24) is 4.31 Å². The Labute approximate surface area is 105 Å². The quantitative estimate of drug-likeness (QED) is 0.659. The summed E-state index contributed by atoms with van der Waals surface area (Å²) in [5.41, 5.74) is -0.481. The Bertz CT molecular complexity index is 444. The summed E-state index contributed by atoms with van der Waals surface area (Å²) in [6.07, 6.45) is 2.19. The maximum absolute atomic E-state index is 11.1. The maximum Gasteiger partial charge on any atom is 0.205 e. The van der Waals surface area contributed by atoms with Gasteiger partial charge in [-0.2, -0.15) is 0 Å². The molecular weight excluding hydrogens is 234 g/mol. The maximum atomic E-state index is 11.1. The van der Waals surface area contributed by atoms with Crippen molar-refractivity contribution in [1.29, 1.82) is 0 Å². The van der Waals surface area contributed by atoms with E-state index in [0.717, 1.165) is 10.5 Å². The molecule has 1 heterocycles. The van der Waals surface area contributed by atoms with Crippen LogP contribution in [0.1, 0.15) is 19.4 Å². The molecule has 0 fully saturated rings. The zero-order valence-corrected chi connectivity index (χ0v) is 10.6. The Morgan fingerprint density at radius 3 is 2.47 bits per heavy atom. The van der Waals surface area contributed by atoms with Crippen LogP contribution in [0.25, 0.3) is 4.91 Å². The second kappa shape index (κ2) is 4.64. The van der Waals surface area contributed by atoms with Gasteiger partial charge in [0.05, 0.1) is 0 Å². The third-order valence-electron chi connectivity index (χ3n) is 2.59. The zero-order valence-electron chi connectivity index (χ0n) is 9.83. The van der Waals surface area contributed by atoms with E-state index < -0.39 is 5.72 Å². The van der Waals surface area contributed by atoms with Gasteiger partial charge in [0.15, 0.2) is 6.29 Å². The molecule has 1 aromatic rings. The molecule has 1 aliphatic heterocycles. The van der Waals surface area contributed by atoms with E-state index in [1.54, 1.807) is 10.4 Å². The topological polar surface area (TPSA) is 40.5 Å². The van der Waals surface area contributed by atoms with E-state index >= 15 is 0 Å². The molecule has 1 aromatic carbocycles. The Hall–Kier alpha value is -1.10. The number of rotatable bonds is 3.